The van der Waals surface area contributed by atoms with Crippen molar-refractivity contribution >= 4 is 0 Å². The van der Waals surface area contributed by atoms with Crippen LogP contribution in [-0.2, 0) is 0 Å². The van der Waals surface area contributed by atoms with Gasteiger partial charge < -0.3 is 14.8 Å². The normalized spacial score (nSPS) is 11.9. The third kappa shape index (κ3) is 3.06. The van der Waals surface area contributed by atoms with Crippen molar-refractivity contribution in [3.63, 3.8) is 0 Å². The van der Waals surface area contributed by atoms with Gasteiger partial charge in [-0.2, -0.15) is 0 Å². The highest BCUT2D eigenvalue weighted by Gasteiger charge is 2.13. The second kappa shape index (κ2) is 6.25. The molecule has 0 aliphatic heterocycles. The Morgan fingerprint density at radius 3 is 1.89 bits per heavy atom. The lowest BCUT2D eigenvalue weighted by Crippen LogP contribution is -2.17. The van der Waals surface area contributed by atoms with Gasteiger partial charge in [0, 0.05) is 6.07 Å². The van der Waals surface area contributed by atoms with E-state index in [9.17, 15) is 0 Å². The lowest BCUT2D eigenvalue weighted by molar-refractivity contribution is 0.392. The zero-order chi connectivity index (χ0) is 13.7. The van der Waals surface area contributed by atoms with Crippen LogP contribution in [0.15, 0.2) is 48.5 Å². The van der Waals surface area contributed by atoms with E-state index in [1.165, 1.54) is 5.56 Å². The highest BCUT2D eigenvalue weighted by molar-refractivity contribution is 5.43. The van der Waals surface area contributed by atoms with Crippen molar-refractivity contribution in [3.8, 4) is 11.5 Å². The van der Waals surface area contributed by atoms with E-state index < -0.39 is 0 Å². The molecule has 2 aromatic carbocycles. The number of nitrogens with one attached hydrogen (secondary N) is 1. The van der Waals surface area contributed by atoms with Gasteiger partial charge in [-0.15, -0.1) is 0 Å². The van der Waals surface area contributed by atoms with E-state index in [1.54, 1.807) is 14.2 Å². The van der Waals surface area contributed by atoms with Crippen LogP contribution in [0.2, 0.25) is 0 Å². The van der Waals surface area contributed by atoms with Crippen molar-refractivity contribution in [2.24, 2.45) is 0 Å². The molecule has 3 nitrogen and oxygen atoms in total. The highest BCUT2D eigenvalue weighted by atomic mass is 16.5. The number of benzene rings is 2. The smallest absolute Gasteiger partial charge is 0.122 e. The van der Waals surface area contributed by atoms with Crippen molar-refractivity contribution in [2.75, 3.05) is 21.3 Å². The van der Waals surface area contributed by atoms with Crippen LogP contribution in [0, 0.1) is 0 Å². The molecule has 3 heteroatoms. The summed E-state index contributed by atoms with van der Waals surface area (Å²) in [7, 11) is 5.27. The summed E-state index contributed by atoms with van der Waals surface area (Å²) in [5.41, 5.74) is 2.32. The van der Waals surface area contributed by atoms with Gasteiger partial charge in [0.15, 0.2) is 0 Å². The molecule has 0 radical (unpaired) electrons. The SMILES string of the molecule is CNC(c1ccccc1)c1cc(OC)cc(OC)c1. The molecule has 19 heavy (non-hydrogen) atoms. The number of methoxy groups -OCH3 is 2. The quantitative estimate of drug-likeness (QED) is 0.893. The minimum absolute atomic E-state index is 0.116. The van der Waals surface area contributed by atoms with Crippen molar-refractivity contribution in [1.29, 1.82) is 0 Å². The first-order valence-corrected chi connectivity index (χ1v) is 6.23. The third-order valence-electron chi connectivity index (χ3n) is 3.13. The van der Waals surface area contributed by atoms with Gasteiger partial charge in [0.25, 0.3) is 0 Å². The van der Waals surface area contributed by atoms with Gasteiger partial charge >= 0.3 is 0 Å². The van der Waals surface area contributed by atoms with Crippen LogP contribution < -0.4 is 14.8 Å². The van der Waals surface area contributed by atoms with E-state index in [0.717, 1.165) is 17.1 Å². The Morgan fingerprint density at radius 1 is 0.842 bits per heavy atom. The van der Waals surface area contributed by atoms with E-state index >= 15 is 0 Å². The fraction of sp³-hybridized carbons (Fsp3) is 0.250. The second-order valence-electron chi connectivity index (χ2n) is 4.28. The van der Waals surface area contributed by atoms with Crippen molar-refractivity contribution in [1.82, 2.24) is 5.32 Å². The summed E-state index contributed by atoms with van der Waals surface area (Å²) in [6, 6.07) is 16.3. The molecule has 1 atom stereocenters. The first kappa shape index (κ1) is 13.4. The number of rotatable bonds is 5. The molecule has 2 aromatic rings. The summed E-state index contributed by atoms with van der Waals surface area (Å²) in [5.74, 6) is 1.59. The maximum Gasteiger partial charge on any atom is 0.122 e. The first-order valence-electron chi connectivity index (χ1n) is 6.23. The minimum Gasteiger partial charge on any atom is -0.497 e. The molecule has 0 aliphatic rings. The lowest BCUT2D eigenvalue weighted by Gasteiger charge is -2.19. The maximum absolute atomic E-state index is 5.32. The molecule has 100 valence electrons. The molecule has 1 N–H and O–H groups in total. The van der Waals surface area contributed by atoms with Gasteiger partial charge in [-0.25, -0.2) is 0 Å². The number of hydrogen-bond donors (Lipinski definition) is 1. The van der Waals surface area contributed by atoms with E-state index in [1.807, 2.05) is 43.4 Å². The van der Waals surface area contributed by atoms with Crippen molar-refractivity contribution < 1.29 is 9.47 Å². The van der Waals surface area contributed by atoms with Crippen LogP contribution >= 0.6 is 0 Å². The standard InChI is InChI=1S/C16H19NO2/c1-17-16(12-7-5-4-6-8-12)13-9-14(18-2)11-15(10-13)19-3/h4-11,16-17H,1-3H3. The molecule has 2 rings (SSSR count). The Bertz CT molecular complexity index is 503. The molecule has 0 saturated heterocycles. The van der Waals surface area contributed by atoms with Gasteiger partial charge in [-0.3, -0.25) is 0 Å². The minimum atomic E-state index is 0.116. The topological polar surface area (TPSA) is 30.5 Å². The van der Waals surface area contributed by atoms with E-state index in [0.29, 0.717) is 0 Å². The Hall–Kier alpha value is -2.00. The molecule has 0 bridgehead atoms. The summed E-state index contributed by atoms with van der Waals surface area (Å²) >= 11 is 0. The van der Waals surface area contributed by atoms with Gasteiger partial charge in [0.1, 0.15) is 11.5 Å². The van der Waals surface area contributed by atoms with E-state index in [2.05, 4.69) is 17.4 Å². The Morgan fingerprint density at radius 2 is 1.42 bits per heavy atom. The summed E-state index contributed by atoms with van der Waals surface area (Å²) < 4.78 is 10.6. The summed E-state index contributed by atoms with van der Waals surface area (Å²) in [6.45, 7) is 0. The van der Waals surface area contributed by atoms with Crippen molar-refractivity contribution in [3.05, 3.63) is 59.7 Å². The molecule has 0 amide bonds. The van der Waals surface area contributed by atoms with E-state index in [4.69, 9.17) is 9.47 Å². The molecular weight excluding hydrogens is 238 g/mol. The van der Waals surface area contributed by atoms with Gasteiger partial charge in [0.05, 0.1) is 20.3 Å². The van der Waals surface area contributed by atoms with Crippen LogP contribution in [0.4, 0.5) is 0 Å². The lowest BCUT2D eigenvalue weighted by atomic mass is 9.98. The molecular formula is C16H19NO2. The largest absolute Gasteiger partial charge is 0.497 e. The highest BCUT2D eigenvalue weighted by Crippen LogP contribution is 2.29. The van der Waals surface area contributed by atoms with Gasteiger partial charge in [0.2, 0.25) is 0 Å². The molecule has 0 aromatic heterocycles. The fourth-order valence-corrected chi connectivity index (χ4v) is 2.17. The summed E-state index contributed by atoms with van der Waals surface area (Å²) in [6.07, 6.45) is 0. The molecule has 1 unspecified atom stereocenters. The van der Waals surface area contributed by atoms with Gasteiger partial charge in [-0.05, 0) is 30.3 Å². The van der Waals surface area contributed by atoms with E-state index in [-0.39, 0.29) is 6.04 Å². The molecule has 0 heterocycles. The fourth-order valence-electron chi connectivity index (χ4n) is 2.17. The number of ether oxygens (including phenoxy) is 2. The summed E-state index contributed by atoms with van der Waals surface area (Å²) in [5, 5.41) is 3.33. The predicted octanol–water partition coefficient (Wildman–Crippen LogP) is 3.01. The predicted molar refractivity (Wildman–Crippen MR) is 76.9 cm³/mol. The van der Waals surface area contributed by atoms with Crippen LogP contribution in [0.5, 0.6) is 11.5 Å². The third-order valence-corrected chi connectivity index (χ3v) is 3.13. The first-order chi connectivity index (χ1) is 9.28. The van der Waals surface area contributed by atoms with Gasteiger partial charge in [-0.1, -0.05) is 30.3 Å². The maximum atomic E-state index is 5.32. The van der Waals surface area contributed by atoms with Crippen LogP contribution in [0.1, 0.15) is 17.2 Å². The zero-order valence-corrected chi connectivity index (χ0v) is 11.5. The Kier molecular flexibility index (Phi) is 4.42. The monoisotopic (exact) mass is 257 g/mol. The zero-order valence-electron chi connectivity index (χ0n) is 11.5. The van der Waals surface area contributed by atoms with Crippen molar-refractivity contribution in [2.45, 2.75) is 6.04 Å². The molecule has 0 aliphatic carbocycles. The molecule has 0 saturated carbocycles. The summed E-state index contributed by atoms with van der Waals surface area (Å²) in [4.78, 5) is 0. The van der Waals surface area contributed by atoms with Crippen LogP contribution in [-0.4, -0.2) is 21.3 Å². The second-order valence-corrected chi connectivity index (χ2v) is 4.28. The molecule has 0 spiro atoms. The Labute approximate surface area is 114 Å². The Balaban J connectivity index is 2.43. The number of hydrogen-bond acceptors (Lipinski definition) is 3. The molecule has 0 fully saturated rings. The average molecular weight is 257 g/mol. The average Bonchev–Trinajstić information content (AvgIpc) is 2.48. The van der Waals surface area contributed by atoms with Crippen LogP contribution in [0.3, 0.4) is 0 Å². The van der Waals surface area contributed by atoms with Crippen LogP contribution in [0.25, 0.3) is 0 Å².